The van der Waals surface area contributed by atoms with Crippen molar-refractivity contribution in [2.45, 2.75) is 0 Å². The van der Waals surface area contributed by atoms with Gasteiger partial charge in [0.1, 0.15) is 0 Å². The summed E-state index contributed by atoms with van der Waals surface area (Å²) in [6.45, 7) is 4.30. The molecule has 0 aromatic heterocycles. The second-order valence-corrected chi connectivity index (χ2v) is 5.98. The summed E-state index contributed by atoms with van der Waals surface area (Å²) in [6.07, 6.45) is 0. The van der Waals surface area contributed by atoms with Gasteiger partial charge in [0.15, 0.2) is 0 Å². The van der Waals surface area contributed by atoms with Crippen LogP contribution in [0.15, 0.2) is 12.1 Å². The van der Waals surface area contributed by atoms with Crippen molar-refractivity contribution < 1.29 is 29.4 Å². The van der Waals surface area contributed by atoms with Gasteiger partial charge in [-0.05, 0) is 12.1 Å². The van der Waals surface area contributed by atoms with Gasteiger partial charge in [-0.15, -0.1) is 0 Å². The average Bonchev–Trinajstić information content (AvgIpc) is 2.66. The van der Waals surface area contributed by atoms with Crippen LogP contribution in [0.5, 0.6) is 0 Å². The summed E-state index contributed by atoms with van der Waals surface area (Å²) in [6, 6.07) is 1.84. The van der Waals surface area contributed by atoms with E-state index in [1.165, 1.54) is 7.05 Å². The van der Waals surface area contributed by atoms with Crippen molar-refractivity contribution in [2.24, 2.45) is 0 Å². The number of carboxylic acid groups (broad SMARTS) is 2. The molecular weight excluding hydrogens is 356 g/mol. The Morgan fingerprint density at radius 2 is 1.48 bits per heavy atom. The Morgan fingerprint density at radius 3 is 1.96 bits per heavy atom. The van der Waals surface area contributed by atoms with Crippen molar-refractivity contribution in [2.75, 3.05) is 46.3 Å². The summed E-state index contributed by atoms with van der Waals surface area (Å²) in [4.78, 5) is 49.4. The summed E-state index contributed by atoms with van der Waals surface area (Å²) >= 11 is 0. The number of piperazine rings is 1. The predicted octanol–water partition coefficient (Wildman–Crippen LogP) is -0.922. The number of benzene rings is 1. The maximum Gasteiger partial charge on any atom is 0.336 e. The number of nitrogens with one attached hydrogen (secondary N) is 3. The zero-order valence-corrected chi connectivity index (χ0v) is 14.9. The first-order chi connectivity index (χ1) is 12.8. The van der Waals surface area contributed by atoms with E-state index in [1.54, 1.807) is 0 Å². The van der Waals surface area contributed by atoms with Gasteiger partial charge in [0.25, 0.3) is 11.8 Å². The first kappa shape index (κ1) is 20.3. The van der Waals surface area contributed by atoms with Crippen LogP contribution in [0.2, 0.25) is 0 Å². The highest BCUT2D eigenvalue weighted by Crippen LogP contribution is 2.18. The van der Waals surface area contributed by atoms with Gasteiger partial charge < -0.3 is 26.2 Å². The van der Waals surface area contributed by atoms with Crippen molar-refractivity contribution in [3.8, 4) is 0 Å². The molecule has 0 spiro atoms. The highest BCUT2D eigenvalue weighted by molar-refractivity contribution is 6.11. The van der Waals surface area contributed by atoms with Gasteiger partial charge in [-0.25, -0.2) is 9.59 Å². The molecule has 10 nitrogen and oxygen atoms in total. The van der Waals surface area contributed by atoms with Crippen LogP contribution in [-0.4, -0.2) is 85.2 Å². The maximum absolute atomic E-state index is 12.4. The summed E-state index contributed by atoms with van der Waals surface area (Å²) in [5.74, 6) is -4.31. The topological polar surface area (TPSA) is 148 Å². The molecule has 5 N–H and O–H groups in total. The first-order valence-corrected chi connectivity index (χ1v) is 8.43. The van der Waals surface area contributed by atoms with E-state index < -0.39 is 34.9 Å². The third-order valence-electron chi connectivity index (χ3n) is 4.26. The molecule has 1 heterocycles. The van der Waals surface area contributed by atoms with Crippen molar-refractivity contribution in [3.05, 3.63) is 34.4 Å². The zero-order chi connectivity index (χ0) is 20.0. The normalized spacial score (nSPS) is 14.4. The molecule has 146 valence electrons. The summed E-state index contributed by atoms with van der Waals surface area (Å²) in [5.41, 5.74) is -1.49. The molecule has 2 rings (SSSR count). The van der Waals surface area contributed by atoms with E-state index in [0.29, 0.717) is 6.54 Å². The lowest BCUT2D eigenvalue weighted by molar-refractivity contribution is 0.0675. The van der Waals surface area contributed by atoms with E-state index in [-0.39, 0.29) is 17.7 Å². The number of carboxylic acids is 2. The van der Waals surface area contributed by atoms with E-state index in [2.05, 4.69) is 20.9 Å². The van der Waals surface area contributed by atoms with Crippen LogP contribution in [0, 0.1) is 0 Å². The monoisotopic (exact) mass is 378 g/mol. The summed E-state index contributed by atoms with van der Waals surface area (Å²) < 4.78 is 0. The van der Waals surface area contributed by atoms with Gasteiger partial charge in [-0.2, -0.15) is 0 Å². The standard InChI is InChI=1S/C17H22N4O6/c1-18-14(22)10-8-13(17(26)27)11(9-12(10)16(24)25)15(23)20-4-7-21-5-2-19-3-6-21/h8-9,19H,2-7H2,1H3,(H,18,22)(H,20,23)(H,24,25)(H,26,27). The van der Waals surface area contributed by atoms with Crippen molar-refractivity contribution in [1.82, 2.24) is 20.9 Å². The van der Waals surface area contributed by atoms with Gasteiger partial charge in [0.05, 0.1) is 22.3 Å². The highest BCUT2D eigenvalue weighted by Gasteiger charge is 2.25. The quantitative estimate of drug-likeness (QED) is 0.409. The fraction of sp³-hybridized carbons (Fsp3) is 0.412. The molecule has 0 saturated carbocycles. The molecule has 1 aromatic carbocycles. The Labute approximate surface area is 155 Å². The molecule has 0 atom stereocenters. The number of hydrogen-bond acceptors (Lipinski definition) is 6. The van der Waals surface area contributed by atoms with E-state index in [9.17, 15) is 29.4 Å². The van der Waals surface area contributed by atoms with Crippen LogP contribution in [0.25, 0.3) is 0 Å². The number of carbonyl (C=O) groups is 4. The first-order valence-electron chi connectivity index (χ1n) is 8.43. The van der Waals surface area contributed by atoms with Crippen LogP contribution < -0.4 is 16.0 Å². The van der Waals surface area contributed by atoms with Crippen molar-refractivity contribution >= 4 is 23.8 Å². The lowest BCUT2D eigenvalue weighted by Gasteiger charge is -2.27. The molecule has 0 unspecified atom stereocenters. The lowest BCUT2D eigenvalue weighted by atomic mass is 9.97. The van der Waals surface area contributed by atoms with E-state index >= 15 is 0 Å². The van der Waals surface area contributed by atoms with Crippen LogP contribution in [0.1, 0.15) is 41.4 Å². The average molecular weight is 378 g/mol. The molecule has 0 aliphatic carbocycles. The number of nitrogens with zero attached hydrogens (tertiary/aromatic N) is 1. The summed E-state index contributed by atoms with van der Waals surface area (Å²) in [5, 5.41) is 26.8. The second kappa shape index (κ2) is 9.10. The van der Waals surface area contributed by atoms with Crippen molar-refractivity contribution in [1.29, 1.82) is 0 Å². The van der Waals surface area contributed by atoms with Crippen LogP contribution >= 0.6 is 0 Å². The molecule has 1 aromatic rings. The van der Waals surface area contributed by atoms with E-state index in [0.717, 1.165) is 38.3 Å². The maximum atomic E-state index is 12.4. The third-order valence-corrected chi connectivity index (χ3v) is 4.26. The van der Waals surface area contributed by atoms with Gasteiger partial charge in [0.2, 0.25) is 0 Å². The van der Waals surface area contributed by atoms with Gasteiger partial charge in [0, 0.05) is 46.3 Å². The minimum absolute atomic E-state index is 0.289. The largest absolute Gasteiger partial charge is 0.478 e. The van der Waals surface area contributed by atoms with Crippen molar-refractivity contribution in [3.63, 3.8) is 0 Å². The Kier molecular flexibility index (Phi) is 6.85. The fourth-order valence-electron chi connectivity index (χ4n) is 2.82. The zero-order valence-electron chi connectivity index (χ0n) is 14.9. The van der Waals surface area contributed by atoms with Crippen LogP contribution in [0.3, 0.4) is 0 Å². The van der Waals surface area contributed by atoms with E-state index in [1.807, 2.05) is 0 Å². The minimum Gasteiger partial charge on any atom is -0.478 e. The molecule has 1 saturated heterocycles. The predicted molar refractivity (Wildman–Crippen MR) is 95.4 cm³/mol. The second-order valence-electron chi connectivity index (χ2n) is 5.98. The third kappa shape index (κ3) is 5.02. The molecule has 0 radical (unpaired) electrons. The molecule has 1 aliphatic heterocycles. The Morgan fingerprint density at radius 1 is 0.963 bits per heavy atom. The van der Waals surface area contributed by atoms with Crippen LogP contribution in [0.4, 0.5) is 0 Å². The fourth-order valence-corrected chi connectivity index (χ4v) is 2.82. The number of carbonyl (C=O) groups excluding carboxylic acids is 2. The van der Waals surface area contributed by atoms with Gasteiger partial charge in [-0.1, -0.05) is 0 Å². The molecule has 27 heavy (non-hydrogen) atoms. The van der Waals surface area contributed by atoms with Gasteiger partial charge in [-0.3, -0.25) is 14.5 Å². The SMILES string of the molecule is CNC(=O)c1cc(C(=O)O)c(C(=O)NCCN2CCNCC2)cc1C(=O)O. The lowest BCUT2D eigenvalue weighted by Crippen LogP contribution is -2.46. The summed E-state index contributed by atoms with van der Waals surface area (Å²) in [7, 11) is 1.30. The molecular formula is C17H22N4O6. The Hall–Kier alpha value is -2.98. The molecule has 2 amide bonds. The number of amides is 2. The van der Waals surface area contributed by atoms with Gasteiger partial charge >= 0.3 is 11.9 Å². The Bertz CT molecular complexity index is 758. The molecule has 1 fully saturated rings. The highest BCUT2D eigenvalue weighted by atomic mass is 16.4. The smallest absolute Gasteiger partial charge is 0.336 e. The minimum atomic E-state index is -1.43. The number of aromatic carboxylic acids is 2. The Balaban J connectivity index is 2.23. The van der Waals surface area contributed by atoms with E-state index in [4.69, 9.17) is 0 Å². The number of hydrogen-bond donors (Lipinski definition) is 5. The number of rotatable bonds is 7. The molecule has 0 bridgehead atoms. The van der Waals surface area contributed by atoms with Crippen LogP contribution in [-0.2, 0) is 0 Å². The molecule has 10 heteroatoms. The molecule has 1 aliphatic rings.